The number of thiazole rings is 1. The van der Waals surface area contributed by atoms with Crippen LogP contribution in [0.25, 0.3) is 0 Å². The van der Waals surface area contributed by atoms with E-state index in [1.807, 2.05) is 11.3 Å². The maximum Gasteiger partial charge on any atom is 0.110 e. The van der Waals surface area contributed by atoms with Crippen LogP contribution in [0.15, 0.2) is 5.38 Å². The van der Waals surface area contributed by atoms with Gasteiger partial charge in [0.15, 0.2) is 0 Å². The van der Waals surface area contributed by atoms with Crippen molar-refractivity contribution in [2.45, 2.75) is 71.9 Å². The third kappa shape index (κ3) is 4.06. The van der Waals surface area contributed by atoms with Gasteiger partial charge in [0.2, 0.25) is 0 Å². The molecule has 1 saturated carbocycles. The molecule has 1 aromatic heterocycles. The van der Waals surface area contributed by atoms with Gasteiger partial charge in [0.25, 0.3) is 0 Å². The van der Waals surface area contributed by atoms with Crippen molar-refractivity contribution in [1.82, 2.24) is 10.3 Å². The van der Waals surface area contributed by atoms with Gasteiger partial charge in [0.05, 0.1) is 11.7 Å². The highest BCUT2D eigenvalue weighted by Crippen LogP contribution is 2.34. The molecule has 18 heavy (non-hydrogen) atoms. The van der Waals surface area contributed by atoms with E-state index in [0.717, 1.165) is 12.5 Å². The molecule has 2 rings (SSSR count). The second kappa shape index (κ2) is 5.30. The van der Waals surface area contributed by atoms with Crippen LogP contribution in [0.3, 0.4) is 0 Å². The molecule has 0 saturated heterocycles. The molecule has 1 fully saturated rings. The first-order valence-corrected chi connectivity index (χ1v) is 7.94. The third-order valence-corrected chi connectivity index (χ3v) is 4.24. The van der Waals surface area contributed by atoms with E-state index in [2.05, 4.69) is 45.3 Å². The highest BCUT2D eigenvalue weighted by atomic mass is 32.1. The van der Waals surface area contributed by atoms with E-state index < -0.39 is 0 Å². The van der Waals surface area contributed by atoms with Crippen molar-refractivity contribution in [2.75, 3.05) is 0 Å². The molecule has 0 amide bonds. The molecule has 102 valence electrons. The van der Waals surface area contributed by atoms with Crippen molar-refractivity contribution < 1.29 is 0 Å². The molecule has 1 aliphatic carbocycles. The van der Waals surface area contributed by atoms with Crippen molar-refractivity contribution in [3.63, 3.8) is 0 Å². The smallest absolute Gasteiger partial charge is 0.110 e. The summed E-state index contributed by atoms with van der Waals surface area (Å²) < 4.78 is 0. The molecule has 1 N–H and O–H groups in total. The lowest BCUT2D eigenvalue weighted by Gasteiger charge is -2.25. The Morgan fingerprint density at radius 1 is 1.39 bits per heavy atom. The largest absolute Gasteiger partial charge is 0.305 e. The molecule has 0 radical (unpaired) electrons. The van der Waals surface area contributed by atoms with E-state index in [0.29, 0.717) is 17.4 Å². The lowest BCUT2D eigenvalue weighted by Crippen LogP contribution is -2.27. The van der Waals surface area contributed by atoms with Crippen LogP contribution in [0.5, 0.6) is 0 Å². The van der Waals surface area contributed by atoms with Gasteiger partial charge in [-0.15, -0.1) is 11.3 Å². The van der Waals surface area contributed by atoms with Crippen LogP contribution in [0.4, 0.5) is 0 Å². The summed E-state index contributed by atoms with van der Waals surface area (Å²) in [6, 6.07) is 1.18. The van der Waals surface area contributed by atoms with E-state index >= 15 is 0 Å². The number of aromatic nitrogens is 1. The standard InChI is InChI=1S/C15H26N2S/c1-10(2)13-9-18-14(17-13)12(8-15(3,4)5)16-11-6-7-11/h9-12,16H,6-8H2,1-5H3. The molecule has 0 aromatic carbocycles. The Morgan fingerprint density at radius 2 is 2.06 bits per heavy atom. The normalized spacial score (nSPS) is 18.3. The van der Waals surface area contributed by atoms with E-state index in [1.54, 1.807) is 0 Å². The fourth-order valence-electron chi connectivity index (χ4n) is 2.09. The Hall–Kier alpha value is -0.410. The van der Waals surface area contributed by atoms with Gasteiger partial charge in [-0.05, 0) is 30.6 Å². The van der Waals surface area contributed by atoms with Gasteiger partial charge in [-0.1, -0.05) is 34.6 Å². The summed E-state index contributed by atoms with van der Waals surface area (Å²) in [6.45, 7) is 11.4. The fraction of sp³-hybridized carbons (Fsp3) is 0.800. The number of hydrogen-bond donors (Lipinski definition) is 1. The summed E-state index contributed by atoms with van der Waals surface area (Å²) in [5.41, 5.74) is 1.59. The van der Waals surface area contributed by atoms with Crippen molar-refractivity contribution in [1.29, 1.82) is 0 Å². The first kappa shape index (κ1) is 14.0. The monoisotopic (exact) mass is 266 g/mol. The molecule has 0 spiro atoms. The molecule has 1 heterocycles. The molecule has 1 aliphatic rings. The lowest BCUT2D eigenvalue weighted by molar-refractivity contribution is 0.309. The zero-order chi connectivity index (χ0) is 13.3. The van der Waals surface area contributed by atoms with Gasteiger partial charge >= 0.3 is 0 Å². The molecule has 1 unspecified atom stereocenters. The maximum atomic E-state index is 4.83. The minimum Gasteiger partial charge on any atom is -0.305 e. The average molecular weight is 266 g/mol. The number of hydrogen-bond acceptors (Lipinski definition) is 3. The lowest BCUT2D eigenvalue weighted by atomic mass is 9.88. The zero-order valence-electron chi connectivity index (χ0n) is 12.3. The number of nitrogens with zero attached hydrogens (tertiary/aromatic N) is 1. The van der Waals surface area contributed by atoms with Crippen LogP contribution < -0.4 is 5.32 Å². The highest BCUT2D eigenvalue weighted by molar-refractivity contribution is 7.09. The molecule has 2 nitrogen and oxygen atoms in total. The maximum absolute atomic E-state index is 4.83. The summed E-state index contributed by atoms with van der Waals surface area (Å²) in [5, 5.41) is 7.27. The zero-order valence-corrected chi connectivity index (χ0v) is 13.1. The van der Waals surface area contributed by atoms with Crippen LogP contribution >= 0.6 is 11.3 Å². The minimum absolute atomic E-state index is 0.343. The molecule has 0 aliphatic heterocycles. The third-order valence-electron chi connectivity index (χ3n) is 3.26. The van der Waals surface area contributed by atoms with Crippen molar-refractivity contribution in [2.24, 2.45) is 5.41 Å². The predicted molar refractivity (Wildman–Crippen MR) is 79.2 cm³/mol. The number of rotatable bonds is 5. The Bertz CT molecular complexity index is 385. The SMILES string of the molecule is CC(C)c1csc(C(CC(C)(C)C)NC2CC2)n1. The van der Waals surface area contributed by atoms with Gasteiger partial charge in [-0.3, -0.25) is 0 Å². The Labute approximate surface area is 115 Å². The van der Waals surface area contributed by atoms with Crippen LogP contribution in [0, 0.1) is 5.41 Å². The topological polar surface area (TPSA) is 24.9 Å². The van der Waals surface area contributed by atoms with Gasteiger partial charge in [-0.25, -0.2) is 4.98 Å². The van der Waals surface area contributed by atoms with Crippen LogP contribution in [-0.2, 0) is 0 Å². The second-order valence-corrected chi connectivity index (χ2v) is 7.91. The van der Waals surface area contributed by atoms with Gasteiger partial charge in [-0.2, -0.15) is 0 Å². The molecular weight excluding hydrogens is 240 g/mol. The van der Waals surface area contributed by atoms with Gasteiger partial charge in [0.1, 0.15) is 5.01 Å². The van der Waals surface area contributed by atoms with E-state index in [-0.39, 0.29) is 0 Å². The summed E-state index contributed by atoms with van der Waals surface area (Å²) in [5.74, 6) is 0.534. The molecule has 1 atom stereocenters. The Morgan fingerprint density at radius 3 is 2.50 bits per heavy atom. The minimum atomic E-state index is 0.343. The van der Waals surface area contributed by atoms with Crippen LogP contribution in [0.2, 0.25) is 0 Å². The van der Waals surface area contributed by atoms with Crippen LogP contribution in [-0.4, -0.2) is 11.0 Å². The van der Waals surface area contributed by atoms with Crippen LogP contribution in [0.1, 0.15) is 76.5 Å². The molecule has 0 bridgehead atoms. The first-order valence-electron chi connectivity index (χ1n) is 7.06. The highest BCUT2D eigenvalue weighted by Gasteiger charge is 2.29. The first-order chi connectivity index (χ1) is 8.35. The Kier molecular flexibility index (Phi) is 4.12. The fourth-order valence-corrected chi connectivity index (χ4v) is 3.13. The number of nitrogens with one attached hydrogen (secondary N) is 1. The van der Waals surface area contributed by atoms with Gasteiger partial charge < -0.3 is 5.32 Å². The summed E-state index contributed by atoms with van der Waals surface area (Å²) in [7, 11) is 0. The molecule has 1 aromatic rings. The van der Waals surface area contributed by atoms with Crippen molar-refractivity contribution >= 4 is 11.3 Å². The Balaban J connectivity index is 2.10. The van der Waals surface area contributed by atoms with E-state index in [1.165, 1.54) is 23.5 Å². The van der Waals surface area contributed by atoms with Crippen molar-refractivity contribution in [3.8, 4) is 0 Å². The second-order valence-electron chi connectivity index (χ2n) is 7.02. The molecular formula is C15H26N2S. The summed E-state index contributed by atoms with van der Waals surface area (Å²) in [6.07, 6.45) is 3.83. The predicted octanol–water partition coefficient (Wildman–Crippen LogP) is 4.50. The quantitative estimate of drug-likeness (QED) is 0.849. The van der Waals surface area contributed by atoms with Crippen molar-refractivity contribution in [3.05, 3.63) is 16.1 Å². The van der Waals surface area contributed by atoms with Gasteiger partial charge in [0, 0.05) is 11.4 Å². The molecule has 3 heteroatoms. The average Bonchev–Trinajstić information content (AvgIpc) is 2.91. The summed E-state index contributed by atoms with van der Waals surface area (Å²) in [4.78, 5) is 4.83. The summed E-state index contributed by atoms with van der Waals surface area (Å²) >= 11 is 1.82. The van der Waals surface area contributed by atoms with E-state index in [9.17, 15) is 0 Å². The van der Waals surface area contributed by atoms with E-state index in [4.69, 9.17) is 4.98 Å².